The first-order valence-corrected chi connectivity index (χ1v) is 15.3. The van der Waals surface area contributed by atoms with Crippen LogP contribution in [-0.2, 0) is 16.1 Å². The van der Waals surface area contributed by atoms with Crippen LogP contribution in [0.5, 0.6) is 23.0 Å². The van der Waals surface area contributed by atoms with Crippen molar-refractivity contribution in [3.8, 4) is 23.0 Å². The Labute approximate surface area is 284 Å². The topological polar surface area (TPSA) is 192 Å². The number of aliphatic hydroxyl groups is 1. The highest BCUT2D eigenvalue weighted by atomic mass is 79.9. The zero-order chi connectivity index (χ0) is 34.8. The summed E-state index contributed by atoms with van der Waals surface area (Å²) in [4.78, 5) is 35.2. The lowest BCUT2D eigenvalue weighted by Crippen LogP contribution is -2.45. The number of halogens is 1. The fraction of sp³-hybridized carbons (Fsp3) is 0.281. The summed E-state index contributed by atoms with van der Waals surface area (Å²) in [6.07, 6.45) is 0.247. The maximum absolute atomic E-state index is 12.5. The third-order valence-corrected chi connectivity index (χ3v) is 7.58. The minimum Gasteiger partial charge on any atom is -0.493 e. The molecule has 16 heteroatoms. The summed E-state index contributed by atoms with van der Waals surface area (Å²) in [5, 5.41) is 31.0. The Morgan fingerprint density at radius 3 is 2.58 bits per heavy atom. The van der Waals surface area contributed by atoms with Crippen LogP contribution >= 0.6 is 15.9 Å². The Morgan fingerprint density at radius 1 is 1.10 bits per heavy atom. The number of rotatable bonds is 15. The molecule has 48 heavy (non-hydrogen) atoms. The van der Waals surface area contributed by atoms with Crippen LogP contribution in [0, 0.1) is 10.1 Å². The van der Waals surface area contributed by atoms with Crippen LogP contribution in [-0.4, -0.2) is 61.9 Å². The van der Waals surface area contributed by atoms with Gasteiger partial charge in [0, 0.05) is 27.9 Å². The summed E-state index contributed by atoms with van der Waals surface area (Å²) in [6.45, 7) is 3.59. The lowest BCUT2D eigenvalue weighted by atomic mass is 9.95. The summed E-state index contributed by atoms with van der Waals surface area (Å²) >= 11 is 3.48. The average molecular weight is 729 g/mol. The van der Waals surface area contributed by atoms with Gasteiger partial charge in [-0.15, -0.1) is 0 Å². The van der Waals surface area contributed by atoms with Gasteiger partial charge in [-0.3, -0.25) is 15.5 Å². The molecule has 4 N–H and O–H groups in total. The summed E-state index contributed by atoms with van der Waals surface area (Å²) in [5.41, 5.74) is 4.96. The predicted molar refractivity (Wildman–Crippen MR) is 177 cm³/mol. The number of amides is 2. The van der Waals surface area contributed by atoms with Crippen molar-refractivity contribution in [3.05, 3.63) is 97.1 Å². The number of benzene rings is 3. The SMILES string of the molecule is CCOc1cc([C@@H]2NC(=O)NC(C)=C2C(=O)OC)ccc1OC[C@H](O)N/N=C\c1cc(OC)c(OCc2cccc([N+](=O)[O-])c2)cc1Br. The van der Waals surface area contributed by atoms with Gasteiger partial charge in [-0.05, 0) is 65.2 Å². The number of nitrogens with zero attached hydrogens (tertiary/aromatic N) is 2. The largest absolute Gasteiger partial charge is 0.493 e. The van der Waals surface area contributed by atoms with Gasteiger partial charge in [0.2, 0.25) is 0 Å². The highest BCUT2D eigenvalue weighted by Crippen LogP contribution is 2.36. The third kappa shape index (κ3) is 8.92. The Hall–Kier alpha value is -5.35. The number of nitrogens with one attached hydrogen (secondary N) is 3. The van der Waals surface area contributed by atoms with E-state index >= 15 is 0 Å². The molecule has 1 aliphatic heterocycles. The number of hydrazone groups is 1. The van der Waals surface area contributed by atoms with Crippen LogP contribution < -0.4 is 35.0 Å². The maximum Gasteiger partial charge on any atom is 0.337 e. The molecule has 4 rings (SSSR count). The van der Waals surface area contributed by atoms with E-state index in [1.807, 2.05) is 0 Å². The number of nitro groups is 1. The number of nitro benzene ring substituents is 1. The Kier molecular flexibility index (Phi) is 12.2. The smallest absolute Gasteiger partial charge is 0.337 e. The molecule has 3 aromatic rings. The van der Waals surface area contributed by atoms with E-state index in [1.54, 1.807) is 56.3 Å². The lowest BCUT2D eigenvalue weighted by molar-refractivity contribution is -0.384. The van der Waals surface area contributed by atoms with E-state index in [0.29, 0.717) is 56.5 Å². The Balaban J connectivity index is 1.39. The predicted octanol–water partition coefficient (Wildman–Crippen LogP) is 4.47. The van der Waals surface area contributed by atoms with E-state index in [2.05, 4.69) is 37.1 Å². The number of urea groups is 1. The molecule has 0 saturated heterocycles. The van der Waals surface area contributed by atoms with Crippen molar-refractivity contribution in [2.75, 3.05) is 27.4 Å². The van der Waals surface area contributed by atoms with E-state index < -0.39 is 29.2 Å². The van der Waals surface area contributed by atoms with Crippen molar-refractivity contribution in [1.82, 2.24) is 16.1 Å². The molecule has 0 bridgehead atoms. The summed E-state index contributed by atoms with van der Waals surface area (Å²) < 4.78 is 28.4. The van der Waals surface area contributed by atoms with Gasteiger partial charge in [0.15, 0.2) is 29.2 Å². The van der Waals surface area contributed by atoms with Gasteiger partial charge in [-0.2, -0.15) is 5.10 Å². The fourth-order valence-electron chi connectivity index (χ4n) is 4.66. The van der Waals surface area contributed by atoms with Gasteiger partial charge in [-0.25, -0.2) is 9.59 Å². The van der Waals surface area contributed by atoms with Crippen LogP contribution in [0.2, 0.25) is 0 Å². The molecule has 0 unspecified atom stereocenters. The molecular formula is C32H34BrN5O10. The highest BCUT2D eigenvalue weighted by Gasteiger charge is 2.32. The molecule has 1 aliphatic rings. The van der Waals surface area contributed by atoms with E-state index in [1.165, 1.54) is 32.6 Å². The number of non-ortho nitro benzene ring substituents is 1. The Bertz CT molecular complexity index is 1730. The zero-order valence-corrected chi connectivity index (χ0v) is 28.0. The molecule has 0 saturated carbocycles. The van der Waals surface area contributed by atoms with Crippen LogP contribution in [0.4, 0.5) is 10.5 Å². The first kappa shape index (κ1) is 35.5. The number of esters is 1. The number of methoxy groups -OCH3 is 2. The number of carbonyl (C=O) groups excluding carboxylic acids is 2. The zero-order valence-electron chi connectivity index (χ0n) is 26.4. The lowest BCUT2D eigenvalue weighted by Gasteiger charge is -2.28. The van der Waals surface area contributed by atoms with Crippen molar-refractivity contribution in [3.63, 3.8) is 0 Å². The van der Waals surface area contributed by atoms with Crippen LogP contribution in [0.15, 0.2) is 75.4 Å². The summed E-state index contributed by atoms with van der Waals surface area (Å²) in [6, 6.07) is 13.2. The summed E-state index contributed by atoms with van der Waals surface area (Å²) in [5.74, 6) is 0.865. The van der Waals surface area contributed by atoms with Gasteiger partial charge < -0.3 is 39.4 Å². The quantitative estimate of drug-likeness (QED) is 0.0568. The number of hydrogen-bond acceptors (Lipinski definition) is 12. The normalized spacial score (nSPS) is 14.9. The number of allylic oxidation sites excluding steroid dienone is 1. The van der Waals surface area contributed by atoms with Crippen molar-refractivity contribution >= 4 is 39.8 Å². The van der Waals surface area contributed by atoms with Crippen LogP contribution in [0.1, 0.15) is 36.6 Å². The molecule has 2 atom stereocenters. The Morgan fingerprint density at radius 2 is 1.88 bits per heavy atom. The molecule has 0 fully saturated rings. The second-order valence-corrected chi connectivity index (χ2v) is 11.0. The minimum absolute atomic E-state index is 0.0317. The number of carbonyl (C=O) groups is 2. The monoisotopic (exact) mass is 727 g/mol. The number of hydrogen-bond donors (Lipinski definition) is 4. The standard InChI is InChI=1S/C32H34BrN5O10/c1-5-46-26-12-20(30-29(31(40)45-4)18(2)35-32(41)36-30)9-10-24(26)48-17-28(39)37-34-15-21-13-25(44-3)27(14-23(21)33)47-16-19-7-6-8-22(11-19)38(42)43/h6-15,28,30,37,39H,5,16-17H2,1-4H3,(H2,35,36,41)/b34-15-/t28-,30-/m0/s1. The number of ether oxygens (including phenoxy) is 5. The average Bonchev–Trinajstić information content (AvgIpc) is 3.07. The minimum atomic E-state index is -1.21. The molecule has 15 nitrogen and oxygen atoms in total. The first-order chi connectivity index (χ1) is 23.0. The molecular weight excluding hydrogens is 694 g/mol. The molecule has 254 valence electrons. The third-order valence-electron chi connectivity index (χ3n) is 6.90. The molecule has 1 heterocycles. The van der Waals surface area contributed by atoms with Crippen molar-refractivity contribution in [2.24, 2.45) is 5.10 Å². The summed E-state index contributed by atoms with van der Waals surface area (Å²) in [7, 11) is 2.74. The molecule has 0 spiro atoms. The van der Waals surface area contributed by atoms with Crippen molar-refractivity contribution in [2.45, 2.75) is 32.7 Å². The molecule has 3 aromatic carbocycles. The van der Waals surface area contributed by atoms with Gasteiger partial charge in [0.25, 0.3) is 5.69 Å². The second-order valence-electron chi connectivity index (χ2n) is 10.2. The van der Waals surface area contributed by atoms with E-state index in [0.717, 1.165) is 0 Å². The van der Waals surface area contributed by atoms with Gasteiger partial charge in [0.05, 0.1) is 43.6 Å². The van der Waals surface area contributed by atoms with Gasteiger partial charge >= 0.3 is 12.0 Å². The van der Waals surface area contributed by atoms with Gasteiger partial charge in [-0.1, -0.05) is 18.2 Å². The van der Waals surface area contributed by atoms with Crippen molar-refractivity contribution < 1.29 is 43.3 Å². The fourth-order valence-corrected chi connectivity index (χ4v) is 5.08. The highest BCUT2D eigenvalue weighted by molar-refractivity contribution is 9.10. The number of aliphatic hydroxyl groups excluding tert-OH is 1. The van der Waals surface area contributed by atoms with E-state index in [9.17, 15) is 24.8 Å². The molecule has 0 aromatic heterocycles. The van der Waals surface area contributed by atoms with Crippen LogP contribution in [0.3, 0.4) is 0 Å². The van der Waals surface area contributed by atoms with Crippen molar-refractivity contribution in [1.29, 1.82) is 0 Å². The van der Waals surface area contributed by atoms with Crippen LogP contribution in [0.25, 0.3) is 0 Å². The molecule has 0 aliphatic carbocycles. The van der Waals surface area contributed by atoms with Gasteiger partial charge in [0.1, 0.15) is 13.2 Å². The van der Waals surface area contributed by atoms with E-state index in [4.69, 9.17) is 23.7 Å². The maximum atomic E-state index is 12.5. The molecule has 0 radical (unpaired) electrons. The molecule has 2 amide bonds. The van der Waals surface area contributed by atoms with E-state index in [-0.39, 0.29) is 24.5 Å². The second kappa shape index (κ2) is 16.5. The first-order valence-electron chi connectivity index (χ1n) is 14.5.